The molecule has 0 aromatic heterocycles. The van der Waals surface area contributed by atoms with Crippen LogP contribution in [0.25, 0.3) is 0 Å². The van der Waals surface area contributed by atoms with Crippen LogP contribution in [0, 0.1) is 5.82 Å². The van der Waals surface area contributed by atoms with Gasteiger partial charge < -0.3 is 10.4 Å². The molecule has 0 aliphatic carbocycles. The molecule has 5 heteroatoms. The van der Waals surface area contributed by atoms with Crippen LogP contribution >= 0.6 is 27.5 Å². The number of nitrogens with one attached hydrogen (secondary N) is 1. The van der Waals surface area contributed by atoms with Gasteiger partial charge in [-0.05, 0) is 42.0 Å². The van der Waals surface area contributed by atoms with Crippen LogP contribution in [-0.4, -0.2) is 11.7 Å². The Morgan fingerprint density at radius 1 is 1.21 bits per heavy atom. The molecule has 100 valence electrons. The van der Waals surface area contributed by atoms with Gasteiger partial charge in [0.25, 0.3) is 0 Å². The number of halogens is 3. The fourth-order valence-electron chi connectivity index (χ4n) is 1.71. The number of rotatable bonds is 4. The van der Waals surface area contributed by atoms with Crippen molar-refractivity contribution in [1.82, 2.24) is 0 Å². The molecule has 0 radical (unpaired) electrons. The first-order valence-corrected chi connectivity index (χ1v) is 6.85. The van der Waals surface area contributed by atoms with Crippen LogP contribution in [0.3, 0.4) is 0 Å². The van der Waals surface area contributed by atoms with Crippen molar-refractivity contribution in [3.05, 3.63) is 63.3 Å². The average Bonchev–Trinajstić information content (AvgIpc) is 2.41. The highest BCUT2D eigenvalue weighted by Crippen LogP contribution is 2.24. The lowest BCUT2D eigenvalue weighted by atomic mass is 10.1. The van der Waals surface area contributed by atoms with Crippen LogP contribution in [-0.2, 0) is 0 Å². The predicted octanol–water partition coefficient (Wildman–Crippen LogP) is 4.39. The van der Waals surface area contributed by atoms with Crippen molar-refractivity contribution < 1.29 is 9.50 Å². The molecule has 0 saturated carbocycles. The smallest absolute Gasteiger partial charge is 0.142 e. The van der Waals surface area contributed by atoms with Gasteiger partial charge in [-0.15, -0.1) is 0 Å². The first-order chi connectivity index (χ1) is 9.10. The third-order valence-corrected chi connectivity index (χ3v) is 3.55. The Morgan fingerprint density at radius 2 is 1.89 bits per heavy atom. The molecule has 2 aromatic rings. The number of hydrogen-bond acceptors (Lipinski definition) is 2. The Hall–Kier alpha value is -1.10. The Balaban J connectivity index is 2.19. The van der Waals surface area contributed by atoms with E-state index in [1.807, 2.05) is 24.3 Å². The quantitative estimate of drug-likeness (QED) is 0.862. The number of anilines is 1. The molecule has 0 spiro atoms. The Morgan fingerprint density at radius 3 is 2.47 bits per heavy atom. The largest absolute Gasteiger partial charge is 0.394 e. The summed E-state index contributed by atoms with van der Waals surface area (Å²) in [7, 11) is 0. The second kappa shape index (κ2) is 6.37. The van der Waals surface area contributed by atoms with E-state index in [0.717, 1.165) is 10.2 Å². The molecule has 0 aliphatic rings. The van der Waals surface area contributed by atoms with Crippen molar-refractivity contribution in [3.63, 3.8) is 0 Å². The molecule has 1 unspecified atom stereocenters. The monoisotopic (exact) mass is 343 g/mol. The maximum atomic E-state index is 13.4. The molecule has 0 fully saturated rings. The van der Waals surface area contributed by atoms with Gasteiger partial charge in [0, 0.05) is 10.2 Å². The number of benzene rings is 2. The summed E-state index contributed by atoms with van der Waals surface area (Å²) in [6, 6.07) is 11.6. The third-order valence-electron chi connectivity index (χ3n) is 2.71. The molecule has 2 nitrogen and oxygen atoms in total. The van der Waals surface area contributed by atoms with Crippen molar-refractivity contribution in [2.75, 3.05) is 11.9 Å². The van der Waals surface area contributed by atoms with Gasteiger partial charge in [0.1, 0.15) is 5.82 Å². The SMILES string of the molecule is OCC(Nc1ccc(Br)cc1)c1ccc(Cl)c(F)c1. The highest BCUT2D eigenvalue weighted by molar-refractivity contribution is 9.10. The Kier molecular flexibility index (Phi) is 4.80. The molecule has 2 N–H and O–H groups in total. The molecule has 0 bridgehead atoms. The van der Waals surface area contributed by atoms with Crippen LogP contribution in [0.15, 0.2) is 46.9 Å². The van der Waals surface area contributed by atoms with Crippen molar-refractivity contribution in [2.45, 2.75) is 6.04 Å². The minimum absolute atomic E-state index is 0.0732. The fourth-order valence-corrected chi connectivity index (χ4v) is 2.09. The normalized spacial score (nSPS) is 12.2. The minimum atomic E-state index is -0.491. The van der Waals surface area contributed by atoms with E-state index in [4.69, 9.17) is 11.6 Å². The van der Waals surface area contributed by atoms with Gasteiger partial charge in [-0.1, -0.05) is 33.6 Å². The van der Waals surface area contributed by atoms with Crippen LogP contribution < -0.4 is 5.32 Å². The lowest BCUT2D eigenvalue weighted by Gasteiger charge is -2.18. The molecule has 0 heterocycles. The average molecular weight is 345 g/mol. The second-order valence-corrected chi connectivity index (χ2v) is 5.38. The maximum absolute atomic E-state index is 13.4. The van der Waals surface area contributed by atoms with Gasteiger partial charge in [-0.3, -0.25) is 0 Å². The van der Waals surface area contributed by atoms with Gasteiger partial charge in [-0.2, -0.15) is 0 Å². The Labute approximate surface area is 124 Å². The molecule has 0 saturated heterocycles. The zero-order chi connectivity index (χ0) is 13.8. The van der Waals surface area contributed by atoms with Crippen LogP contribution in [0.5, 0.6) is 0 Å². The number of aliphatic hydroxyl groups is 1. The fraction of sp³-hybridized carbons (Fsp3) is 0.143. The highest BCUT2D eigenvalue weighted by Gasteiger charge is 2.12. The van der Waals surface area contributed by atoms with Gasteiger partial charge in [0.05, 0.1) is 17.7 Å². The summed E-state index contributed by atoms with van der Waals surface area (Å²) in [5.41, 5.74) is 1.49. The zero-order valence-corrected chi connectivity index (χ0v) is 12.2. The summed E-state index contributed by atoms with van der Waals surface area (Å²) in [5, 5.41) is 12.6. The van der Waals surface area contributed by atoms with E-state index < -0.39 is 5.82 Å². The van der Waals surface area contributed by atoms with Crippen molar-refractivity contribution in [2.24, 2.45) is 0 Å². The molecule has 2 aromatic carbocycles. The molecular formula is C14H12BrClFNO. The summed E-state index contributed by atoms with van der Waals surface area (Å²) >= 11 is 8.99. The molecular weight excluding hydrogens is 333 g/mol. The molecule has 0 aliphatic heterocycles. The topological polar surface area (TPSA) is 32.3 Å². The lowest BCUT2D eigenvalue weighted by molar-refractivity contribution is 0.276. The first kappa shape index (κ1) is 14.3. The summed E-state index contributed by atoms with van der Waals surface area (Å²) in [4.78, 5) is 0. The van der Waals surface area contributed by atoms with Crippen molar-refractivity contribution in [3.8, 4) is 0 Å². The van der Waals surface area contributed by atoms with E-state index in [2.05, 4.69) is 21.2 Å². The molecule has 19 heavy (non-hydrogen) atoms. The lowest BCUT2D eigenvalue weighted by Crippen LogP contribution is -2.15. The van der Waals surface area contributed by atoms with Gasteiger partial charge >= 0.3 is 0 Å². The van der Waals surface area contributed by atoms with Gasteiger partial charge in [0.2, 0.25) is 0 Å². The molecule has 0 amide bonds. The molecule has 1 atom stereocenters. The van der Waals surface area contributed by atoms with E-state index >= 15 is 0 Å². The van der Waals surface area contributed by atoms with E-state index in [9.17, 15) is 9.50 Å². The number of hydrogen-bond donors (Lipinski definition) is 2. The summed E-state index contributed by atoms with van der Waals surface area (Å²) in [6.07, 6.45) is 0. The van der Waals surface area contributed by atoms with Crippen molar-refractivity contribution >= 4 is 33.2 Å². The number of aliphatic hydroxyl groups excluding tert-OH is 1. The van der Waals surface area contributed by atoms with E-state index in [-0.39, 0.29) is 17.7 Å². The summed E-state index contributed by atoms with van der Waals surface area (Å²) in [5.74, 6) is -0.491. The Bertz CT molecular complexity index is 562. The van der Waals surface area contributed by atoms with Crippen LogP contribution in [0.1, 0.15) is 11.6 Å². The van der Waals surface area contributed by atoms with Gasteiger partial charge in [-0.25, -0.2) is 4.39 Å². The van der Waals surface area contributed by atoms with Gasteiger partial charge in [0.15, 0.2) is 0 Å². The summed E-state index contributed by atoms with van der Waals surface area (Å²) < 4.78 is 14.4. The summed E-state index contributed by atoms with van der Waals surface area (Å²) in [6.45, 7) is -0.142. The second-order valence-electron chi connectivity index (χ2n) is 4.06. The molecule has 2 rings (SSSR count). The third kappa shape index (κ3) is 3.69. The minimum Gasteiger partial charge on any atom is -0.394 e. The standard InChI is InChI=1S/C14H12BrClFNO/c15-10-2-4-11(5-3-10)18-14(8-19)9-1-6-12(16)13(17)7-9/h1-7,14,18-19H,8H2. The first-order valence-electron chi connectivity index (χ1n) is 5.68. The van der Waals surface area contributed by atoms with E-state index in [1.165, 1.54) is 12.1 Å². The van der Waals surface area contributed by atoms with Crippen LogP contribution in [0.4, 0.5) is 10.1 Å². The van der Waals surface area contributed by atoms with Crippen LogP contribution in [0.2, 0.25) is 5.02 Å². The predicted molar refractivity (Wildman–Crippen MR) is 79.0 cm³/mol. The highest BCUT2D eigenvalue weighted by atomic mass is 79.9. The van der Waals surface area contributed by atoms with E-state index in [0.29, 0.717) is 5.56 Å². The van der Waals surface area contributed by atoms with E-state index in [1.54, 1.807) is 6.07 Å². The zero-order valence-electron chi connectivity index (χ0n) is 9.91. The maximum Gasteiger partial charge on any atom is 0.142 e. The van der Waals surface area contributed by atoms with Crippen molar-refractivity contribution in [1.29, 1.82) is 0 Å².